The van der Waals surface area contributed by atoms with Crippen molar-refractivity contribution in [3.63, 3.8) is 0 Å². The molecule has 57 heavy (non-hydrogen) atoms. The molecule has 13 heteroatoms. The summed E-state index contributed by atoms with van der Waals surface area (Å²) in [6.07, 6.45) is 6.44. The number of aliphatic hydroxyl groups excluding tert-OH is 1. The number of esters is 1. The highest BCUT2D eigenvalue weighted by Gasteiger charge is 2.78. The molecule has 2 aromatic carbocycles. The van der Waals surface area contributed by atoms with Crippen molar-refractivity contribution in [3.8, 4) is 5.75 Å². The van der Waals surface area contributed by atoms with E-state index in [4.69, 9.17) is 20.1 Å². The Balaban J connectivity index is 1.36. The minimum atomic E-state index is -2.29. The first-order chi connectivity index (χ1) is 27.4. The number of hydrazine groups is 1. The average molecular weight is 783 g/mol. The van der Waals surface area contributed by atoms with Gasteiger partial charge in [0.2, 0.25) is 0 Å². The number of aromatic nitrogens is 1. The van der Waals surface area contributed by atoms with Crippen LogP contribution in [0.25, 0.3) is 10.9 Å². The Morgan fingerprint density at radius 2 is 1.84 bits per heavy atom. The Morgan fingerprint density at radius 3 is 2.54 bits per heavy atom. The summed E-state index contributed by atoms with van der Waals surface area (Å²) in [5.41, 5.74) is 1.55. The van der Waals surface area contributed by atoms with E-state index in [2.05, 4.69) is 45.3 Å². The first-order valence-corrected chi connectivity index (χ1v) is 20.6. The summed E-state index contributed by atoms with van der Waals surface area (Å²) in [6.45, 7) is 7.98. The summed E-state index contributed by atoms with van der Waals surface area (Å²) in [6, 6.07) is 11.2. The number of H-pyrrole nitrogens is 1. The number of carbonyl (C=O) groups is 2. The number of amides is 1. The van der Waals surface area contributed by atoms with Crippen LogP contribution in [0.1, 0.15) is 68.3 Å². The maximum absolute atomic E-state index is 15.3. The molecule has 306 valence electrons. The van der Waals surface area contributed by atoms with Gasteiger partial charge in [0.15, 0.2) is 5.60 Å². The fraction of sp³-hybridized carbons (Fsp3) is 0.591. The molecule has 3 aromatic rings. The Hall–Kier alpha value is -3.98. The van der Waals surface area contributed by atoms with Crippen LogP contribution in [0, 0.1) is 11.3 Å². The molecule has 1 saturated carbocycles. The number of nitrogens with zero attached hydrogens (tertiary/aromatic N) is 3. The second-order valence-corrected chi connectivity index (χ2v) is 17.8. The number of aliphatic hydroxyl groups is 2. The van der Waals surface area contributed by atoms with Gasteiger partial charge in [-0.25, -0.2) is 5.84 Å². The number of benzene rings is 2. The standard InChI is InChI=1S/C44H58N6O7/c1-7-40(57-6)22-26-23-43(39(53)56-5,34-28(14-18-49(24-26)25-40)27-12-9-10-13-31(27)46-34)30-20-29-32(21-33(30)55-4)48(3)36-42(29)16-19-50-17-11-15-41(8-2,35(42)50)37(51)44(36,54)38(52)47-45/h9-13,15,20-21,26,35-37,46,51,54H,7-8,14,16-19,22-25,45H2,1-6H3,(H,47,52). The van der Waals surface area contributed by atoms with Crippen LogP contribution in [0.2, 0.25) is 0 Å². The normalized spacial score (nSPS) is 38.0. The molecule has 0 radical (unpaired) electrons. The van der Waals surface area contributed by atoms with Crippen molar-refractivity contribution in [2.24, 2.45) is 17.2 Å². The van der Waals surface area contributed by atoms with Crippen LogP contribution in [0.4, 0.5) is 5.69 Å². The van der Waals surface area contributed by atoms with E-state index in [0.717, 1.165) is 65.9 Å². The molecule has 1 aliphatic carbocycles. The molecule has 10 atom stereocenters. The SMILES string of the molecule is CCC1(OC)CC2CN(CCc3c([nH]c4ccccc34)C(C(=O)OC)(c3cc4c(cc3OC)N(C)C3C(O)(C(=O)NN)C(O)C5(CC)C=CCN6CCC43C65)C2)C1. The molecule has 1 amide bonds. The zero-order chi connectivity index (χ0) is 40.3. The number of para-hydroxylation sites is 1. The number of anilines is 1. The predicted octanol–water partition coefficient (Wildman–Crippen LogP) is 2.89. The molecule has 9 rings (SSSR count). The molecule has 2 bridgehead atoms. The topological polar surface area (TPSA) is 166 Å². The van der Waals surface area contributed by atoms with Crippen LogP contribution in [-0.2, 0) is 36.3 Å². The van der Waals surface area contributed by atoms with E-state index in [9.17, 15) is 15.0 Å². The van der Waals surface area contributed by atoms with Crippen LogP contribution in [0.5, 0.6) is 5.75 Å². The van der Waals surface area contributed by atoms with Crippen molar-refractivity contribution in [1.29, 1.82) is 0 Å². The summed E-state index contributed by atoms with van der Waals surface area (Å²) in [4.78, 5) is 40.0. The molecule has 10 unspecified atom stereocenters. The Kier molecular flexibility index (Phi) is 8.97. The van der Waals surface area contributed by atoms with Crippen LogP contribution in [0.15, 0.2) is 48.6 Å². The van der Waals surface area contributed by atoms with Gasteiger partial charge in [-0.15, -0.1) is 0 Å². The summed E-state index contributed by atoms with van der Waals surface area (Å²) < 4.78 is 18.7. The number of ether oxygens (including phenoxy) is 3. The molecule has 6 aliphatic rings. The largest absolute Gasteiger partial charge is 0.496 e. The Bertz CT molecular complexity index is 2150. The molecule has 6 N–H and O–H groups in total. The van der Waals surface area contributed by atoms with E-state index in [1.54, 1.807) is 14.2 Å². The van der Waals surface area contributed by atoms with Crippen LogP contribution in [0.3, 0.4) is 0 Å². The van der Waals surface area contributed by atoms with Crippen LogP contribution >= 0.6 is 0 Å². The lowest BCUT2D eigenvalue weighted by Crippen LogP contribution is -2.82. The highest BCUT2D eigenvalue weighted by Crippen LogP contribution is 2.67. The highest BCUT2D eigenvalue weighted by atomic mass is 16.5. The number of rotatable bonds is 7. The number of aromatic amines is 1. The number of likely N-dealkylation sites (N-methyl/N-ethyl adjacent to an activating group) is 1. The summed E-state index contributed by atoms with van der Waals surface area (Å²) in [7, 11) is 6.77. The van der Waals surface area contributed by atoms with E-state index in [1.807, 2.05) is 49.2 Å². The zero-order valence-electron chi connectivity index (χ0n) is 34.1. The maximum atomic E-state index is 15.3. The number of hydrogen-bond acceptors (Lipinski definition) is 11. The molecule has 1 spiro atoms. The number of fused-ring (bicyclic) bond motifs is 6. The van der Waals surface area contributed by atoms with Gasteiger partial charge in [-0.3, -0.25) is 24.8 Å². The third kappa shape index (κ3) is 4.78. The smallest absolute Gasteiger partial charge is 0.322 e. The van der Waals surface area contributed by atoms with Crippen molar-refractivity contribution in [2.45, 2.75) is 92.6 Å². The van der Waals surface area contributed by atoms with E-state index >= 15 is 4.79 Å². The van der Waals surface area contributed by atoms with E-state index in [0.29, 0.717) is 50.1 Å². The quantitative estimate of drug-likeness (QED) is 0.0787. The minimum Gasteiger partial charge on any atom is -0.496 e. The second kappa shape index (κ2) is 13.3. The third-order valence-electron chi connectivity index (χ3n) is 15.7. The molecule has 5 aliphatic heterocycles. The first kappa shape index (κ1) is 38.5. The predicted molar refractivity (Wildman–Crippen MR) is 216 cm³/mol. The van der Waals surface area contributed by atoms with E-state index in [1.165, 1.54) is 7.11 Å². The van der Waals surface area contributed by atoms with Crippen molar-refractivity contribution >= 4 is 28.5 Å². The van der Waals surface area contributed by atoms with Crippen molar-refractivity contribution in [2.75, 3.05) is 66.0 Å². The highest BCUT2D eigenvalue weighted by molar-refractivity contribution is 5.95. The molecule has 13 nitrogen and oxygen atoms in total. The second-order valence-electron chi connectivity index (χ2n) is 17.8. The Morgan fingerprint density at radius 1 is 1.05 bits per heavy atom. The minimum absolute atomic E-state index is 0.0445. The van der Waals surface area contributed by atoms with Gasteiger partial charge in [0.1, 0.15) is 17.3 Å². The fourth-order valence-corrected chi connectivity index (χ4v) is 13.4. The van der Waals surface area contributed by atoms with Gasteiger partial charge in [0.05, 0.1) is 25.9 Å². The van der Waals surface area contributed by atoms with Gasteiger partial charge in [-0.2, -0.15) is 0 Å². The van der Waals surface area contributed by atoms with Gasteiger partial charge >= 0.3 is 5.97 Å². The number of carbonyl (C=O) groups excluding carboxylic acids is 2. The van der Waals surface area contributed by atoms with Crippen LogP contribution in [-0.4, -0.2) is 127 Å². The first-order valence-electron chi connectivity index (χ1n) is 20.6. The number of nitrogens with two attached hydrogens (primary N) is 1. The molecule has 6 heterocycles. The lowest BCUT2D eigenvalue weighted by atomic mass is 9.47. The number of methoxy groups -OCH3 is 3. The molecular formula is C44H58N6O7. The number of piperidine rings is 1. The van der Waals surface area contributed by atoms with E-state index in [-0.39, 0.29) is 23.5 Å². The lowest BCUT2D eigenvalue weighted by molar-refractivity contribution is -0.203. The maximum Gasteiger partial charge on any atom is 0.322 e. The summed E-state index contributed by atoms with van der Waals surface area (Å²) in [5, 5.41) is 26.4. The van der Waals surface area contributed by atoms with Crippen molar-refractivity contribution < 1.29 is 34.0 Å². The van der Waals surface area contributed by atoms with Gasteiger partial charge < -0.3 is 34.3 Å². The van der Waals surface area contributed by atoms with Crippen LogP contribution < -0.4 is 20.9 Å². The fourth-order valence-electron chi connectivity index (χ4n) is 13.4. The van der Waals surface area contributed by atoms with Gasteiger partial charge in [-0.05, 0) is 74.2 Å². The zero-order valence-corrected chi connectivity index (χ0v) is 34.1. The lowest BCUT2D eigenvalue weighted by Gasteiger charge is -2.63. The van der Waals surface area contributed by atoms with Crippen molar-refractivity contribution in [3.05, 3.63) is 70.9 Å². The molecule has 1 aromatic heterocycles. The number of nitrogens with one attached hydrogen (secondary N) is 2. The number of hydrogen-bond donors (Lipinski definition) is 5. The third-order valence-corrected chi connectivity index (χ3v) is 15.7. The average Bonchev–Trinajstić information content (AvgIpc) is 3.90. The monoisotopic (exact) mass is 782 g/mol. The van der Waals surface area contributed by atoms with E-state index < -0.39 is 39.9 Å². The Labute approximate surface area is 334 Å². The summed E-state index contributed by atoms with van der Waals surface area (Å²) >= 11 is 0. The van der Waals surface area contributed by atoms with Gasteiger partial charge in [-0.1, -0.05) is 44.2 Å². The molecular weight excluding hydrogens is 725 g/mol. The summed E-state index contributed by atoms with van der Waals surface area (Å²) in [5.74, 6) is 5.18. The molecule has 2 saturated heterocycles. The van der Waals surface area contributed by atoms with Gasteiger partial charge in [0.25, 0.3) is 5.91 Å². The van der Waals surface area contributed by atoms with Gasteiger partial charge in [0, 0.05) is 91.1 Å². The van der Waals surface area contributed by atoms with Crippen molar-refractivity contribution in [1.82, 2.24) is 20.2 Å². The molecule has 3 fully saturated rings.